The van der Waals surface area contributed by atoms with Gasteiger partial charge in [-0.2, -0.15) is 0 Å². The molecule has 10 rings (SSSR count). The van der Waals surface area contributed by atoms with E-state index >= 15 is 0 Å². The second-order valence-corrected chi connectivity index (χ2v) is 19.6. The zero-order valence-electron chi connectivity index (χ0n) is 32.8. The van der Waals surface area contributed by atoms with E-state index in [2.05, 4.69) is 137 Å². The fourth-order valence-electron chi connectivity index (χ4n) is 5.60. The summed E-state index contributed by atoms with van der Waals surface area (Å²) in [5.41, 5.74) is 10.2. The Bertz CT molecular complexity index is 2400. The number of nitrogens with zero attached hydrogens (tertiary/aromatic N) is 6. The molecule has 55 heavy (non-hydrogen) atoms. The van der Waals surface area contributed by atoms with E-state index in [4.69, 9.17) is 0 Å². The van der Waals surface area contributed by atoms with E-state index in [1.807, 2.05) is 46.9 Å². The summed E-state index contributed by atoms with van der Waals surface area (Å²) in [5, 5.41) is 4.63. The average Bonchev–Trinajstić information content (AvgIpc) is 3.94. The van der Waals surface area contributed by atoms with E-state index in [1.54, 1.807) is 56.7 Å². The summed E-state index contributed by atoms with van der Waals surface area (Å²) < 4.78 is 5.05. The number of fused-ring (bicyclic) bond motifs is 5. The van der Waals surface area contributed by atoms with Gasteiger partial charge < -0.3 is 0 Å². The van der Waals surface area contributed by atoms with Gasteiger partial charge >= 0.3 is 0 Å². The molecule has 0 fully saturated rings. The highest BCUT2D eigenvalue weighted by atomic mass is 32.1. The maximum absolute atomic E-state index is 4.42. The second kappa shape index (κ2) is 18.0. The molecule has 0 aliphatic rings. The van der Waals surface area contributed by atoms with Crippen LogP contribution in [0.2, 0.25) is 0 Å². The summed E-state index contributed by atoms with van der Waals surface area (Å²) in [6, 6.07) is 27.5. The standard InChI is InChI=1S/4C9H9NS.C8H8N2S/c1-6-3-9-8(10-5-6)4-7(2)11-9;1-6-3-4-8-5-7(2)11-9(8)10-6;1-6-3-4-9-8(5-6)10-7(2)11-9;1-6-3-4-8-9(5-6)11-7(2)10-8;1-5-3-4-7-8(9-5)10-6(2)11-7/h4*3-5H,1-2H3;3-4H,1-2H3. The smallest absolute Gasteiger partial charge is 0.170 e. The summed E-state index contributed by atoms with van der Waals surface area (Å²) in [6.07, 6.45) is 1.91. The number of rotatable bonds is 0. The number of benzene rings is 2. The zero-order valence-corrected chi connectivity index (χ0v) is 36.9. The van der Waals surface area contributed by atoms with Crippen LogP contribution in [0, 0.1) is 69.2 Å². The van der Waals surface area contributed by atoms with Gasteiger partial charge in [-0.05, 0) is 147 Å². The van der Waals surface area contributed by atoms with Crippen LogP contribution in [-0.2, 0) is 0 Å². The van der Waals surface area contributed by atoms with Gasteiger partial charge in [0.15, 0.2) is 5.65 Å². The molecule has 8 heterocycles. The average molecular weight is 817 g/mol. The first-order chi connectivity index (χ1) is 26.3. The molecule has 0 saturated carbocycles. The molecule has 10 aromatic rings. The topological polar surface area (TPSA) is 77.3 Å². The van der Waals surface area contributed by atoms with Gasteiger partial charge in [0.05, 0.1) is 50.4 Å². The minimum absolute atomic E-state index is 0.882. The maximum atomic E-state index is 4.42. The summed E-state index contributed by atoms with van der Waals surface area (Å²) >= 11 is 8.75. The molecule has 6 nitrogen and oxygen atoms in total. The summed E-state index contributed by atoms with van der Waals surface area (Å²) in [4.78, 5) is 29.9. The van der Waals surface area contributed by atoms with Crippen LogP contribution in [-0.4, -0.2) is 29.9 Å². The number of hydrogen-bond donors (Lipinski definition) is 0. The van der Waals surface area contributed by atoms with Gasteiger partial charge in [0.2, 0.25) is 0 Å². The quantitative estimate of drug-likeness (QED) is 0.152. The van der Waals surface area contributed by atoms with Gasteiger partial charge in [-0.3, -0.25) is 4.98 Å². The van der Waals surface area contributed by atoms with Crippen LogP contribution in [0.15, 0.2) is 85.1 Å². The normalized spacial score (nSPS) is 10.7. The third-order valence-corrected chi connectivity index (χ3v) is 12.8. The first-order valence-corrected chi connectivity index (χ1v) is 21.9. The van der Waals surface area contributed by atoms with Crippen molar-refractivity contribution in [3.05, 3.63) is 138 Å². The minimum Gasteiger partial charge on any atom is -0.255 e. The predicted octanol–water partition coefficient (Wildman–Crippen LogP) is 14.0. The molecule has 0 aliphatic carbocycles. The largest absolute Gasteiger partial charge is 0.255 e. The van der Waals surface area contributed by atoms with E-state index in [9.17, 15) is 0 Å². The lowest BCUT2D eigenvalue weighted by atomic mass is 10.2. The fourth-order valence-corrected chi connectivity index (χ4v) is 10.0. The van der Waals surface area contributed by atoms with Crippen LogP contribution < -0.4 is 0 Å². The lowest BCUT2D eigenvalue weighted by molar-refractivity contribution is 1.20. The number of hydrogen-bond acceptors (Lipinski definition) is 11. The molecule has 8 aromatic heterocycles. The molecule has 0 spiro atoms. The lowest BCUT2D eigenvalue weighted by Gasteiger charge is -1.89. The van der Waals surface area contributed by atoms with Crippen molar-refractivity contribution < 1.29 is 0 Å². The van der Waals surface area contributed by atoms with E-state index < -0.39 is 0 Å². The van der Waals surface area contributed by atoms with Crippen molar-refractivity contribution in [1.82, 2.24) is 29.9 Å². The van der Waals surface area contributed by atoms with Gasteiger partial charge in [-0.25, -0.2) is 24.9 Å². The highest BCUT2D eigenvalue weighted by Crippen LogP contribution is 2.25. The van der Waals surface area contributed by atoms with Crippen LogP contribution in [0.3, 0.4) is 0 Å². The van der Waals surface area contributed by atoms with Crippen LogP contribution in [0.4, 0.5) is 0 Å². The lowest BCUT2D eigenvalue weighted by Crippen LogP contribution is -1.79. The van der Waals surface area contributed by atoms with Crippen molar-refractivity contribution in [1.29, 1.82) is 0 Å². The van der Waals surface area contributed by atoms with Crippen LogP contribution in [0.5, 0.6) is 0 Å². The zero-order chi connectivity index (χ0) is 39.2. The Morgan fingerprint density at radius 1 is 0.382 bits per heavy atom. The van der Waals surface area contributed by atoms with Gasteiger partial charge in [0.25, 0.3) is 0 Å². The van der Waals surface area contributed by atoms with E-state index in [0.717, 1.165) is 53.4 Å². The van der Waals surface area contributed by atoms with Crippen LogP contribution in [0.1, 0.15) is 52.9 Å². The van der Waals surface area contributed by atoms with Crippen LogP contribution >= 0.6 is 56.7 Å². The Morgan fingerprint density at radius 3 is 1.76 bits per heavy atom. The van der Waals surface area contributed by atoms with E-state index in [1.165, 1.54) is 50.6 Å². The second-order valence-electron chi connectivity index (χ2n) is 13.4. The Balaban J connectivity index is 0.000000117. The van der Waals surface area contributed by atoms with Gasteiger partial charge in [-0.15, -0.1) is 56.7 Å². The number of aromatic nitrogens is 6. The van der Waals surface area contributed by atoms with Crippen molar-refractivity contribution in [2.24, 2.45) is 0 Å². The first-order valence-electron chi connectivity index (χ1n) is 17.8. The van der Waals surface area contributed by atoms with Gasteiger partial charge in [0, 0.05) is 32.7 Å². The van der Waals surface area contributed by atoms with E-state index in [-0.39, 0.29) is 0 Å². The highest BCUT2D eigenvalue weighted by molar-refractivity contribution is 7.19. The molecular formula is C44H44N6S5. The first kappa shape index (κ1) is 40.2. The molecule has 0 radical (unpaired) electrons. The summed E-state index contributed by atoms with van der Waals surface area (Å²) in [5.74, 6) is 0. The molecule has 0 unspecified atom stereocenters. The highest BCUT2D eigenvalue weighted by Gasteiger charge is 2.02. The molecule has 0 atom stereocenters. The minimum atomic E-state index is 0.882. The van der Waals surface area contributed by atoms with Crippen molar-refractivity contribution in [2.45, 2.75) is 69.2 Å². The van der Waals surface area contributed by atoms with Gasteiger partial charge in [-0.1, -0.05) is 18.2 Å². The van der Waals surface area contributed by atoms with E-state index in [0.29, 0.717) is 0 Å². The van der Waals surface area contributed by atoms with Crippen molar-refractivity contribution in [3.8, 4) is 0 Å². The number of pyridine rings is 3. The molecule has 0 saturated heterocycles. The molecular weight excluding hydrogens is 773 g/mol. The molecule has 11 heteroatoms. The fraction of sp³-hybridized carbons (Fsp3) is 0.227. The third-order valence-electron chi connectivity index (χ3n) is 8.08. The Hall–Kier alpha value is -4.52. The summed E-state index contributed by atoms with van der Waals surface area (Å²) in [6.45, 7) is 20.6. The molecule has 2 aromatic carbocycles. The van der Waals surface area contributed by atoms with Crippen molar-refractivity contribution in [3.63, 3.8) is 0 Å². The molecule has 0 N–H and O–H groups in total. The van der Waals surface area contributed by atoms with Crippen molar-refractivity contribution in [2.75, 3.05) is 0 Å². The maximum Gasteiger partial charge on any atom is 0.170 e. The Kier molecular flexibility index (Phi) is 13.1. The van der Waals surface area contributed by atoms with Gasteiger partial charge in [0.1, 0.15) is 4.83 Å². The monoisotopic (exact) mass is 816 g/mol. The summed E-state index contributed by atoms with van der Waals surface area (Å²) in [7, 11) is 0. The molecule has 0 aliphatic heterocycles. The Morgan fingerprint density at radius 2 is 0.964 bits per heavy atom. The number of thiophene rings is 2. The van der Waals surface area contributed by atoms with Crippen molar-refractivity contribution >= 4 is 108 Å². The molecule has 280 valence electrons. The number of thiazole rings is 3. The molecule has 0 amide bonds. The molecule has 0 bridgehead atoms. The Labute approximate surface area is 342 Å². The third kappa shape index (κ3) is 11.0. The van der Waals surface area contributed by atoms with Crippen LogP contribution in [0.25, 0.3) is 51.2 Å². The predicted molar refractivity (Wildman–Crippen MR) is 243 cm³/mol. The SMILES string of the molecule is Cc1ccc2cc(C)sc2n1.Cc1ccc2nc(C)sc2c1.Cc1ccc2sc(C)nc2c1.Cc1ccc2sc(C)nc2n1.Cc1cnc2cc(C)sc2c1. The number of aryl methyl sites for hydroxylation is 10.